The van der Waals surface area contributed by atoms with Crippen molar-refractivity contribution >= 4 is 28.0 Å². The monoisotopic (exact) mass is 784 g/mol. The fraction of sp³-hybridized carbons (Fsp3) is 0. The first kappa shape index (κ1) is 40.0. The van der Waals surface area contributed by atoms with Crippen molar-refractivity contribution in [2.24, 2.45) is 0 Å². The highest BCUT2D eigenvalue weighted by molar-refractivity contribution is 7.20. The SMILES string of the molecule is Fc1c(F)c(F)c([B-](c2c(F)c(F)c(F)c(F)c2F)(c2c(F)c(F)c(F)c(F)c2F)c2c(F)c(F)c(F)c(F)c2F)c(F)c1F.N#C[n+]1ccccc1. The van der Waals surface area contributed by atoms with E-state index in [1.165, 1.54) is 4.57 Å². The summed E-state index contributed by atoms with van der Waals surface area (Å²) >= 11 is 0. The summed E-state index contributed by atoms with van der Waals surface area (Å²) in [6.45, 7) is 0. The third kappa shape index (κ3) is 5.85. The van der Waals surface area contributed by atoms with Crippen LogP contribution in [0.4, 0.5) is 87.8 Å². The molecule has 0 aliphatic rings. The molecule has 0 bridgehead atoms. The summed E-state index contributed by atoms with van der Waals surface area (Å²) in [6.07, 6.45) is -1.88. The highest BCUT2D eigenvalue weighted by Gasteiger charge is 2.52. The van der Waals surface area contributed by atoms with Crippen molar-refractivity contribution in [3.8, 4) is 6.19 Å². The molecule has 0 amide bonds. The van der Waals surface area contributed by atoms with E-state index in [4.69, 9.17) is 5.26 Å². The average molecular weight is 784 g/mol. The van der Waals surface area contributed by atoms with Gasteiger partial charge < -0.3 is 0 Å². The van der Waals surface area contributed by atoms with Gasteiger partial charge in [0, 0.05) is 0 Å². The number of nitriles is 1. The van der Waals surface area contributed by atoms with Crippen molar-refractivity contribution in [2.75, 3.05) is 0 Å². The minimum absolute atomic E-state index is 1.43. The first-order chi connectivity index (χ1) is 24.6. The first-order valence-electron chi connectivity index (χ1n) is 13.2. The van der Waals surface area contributed by atoms with Gasteiger partial charge in [-0.05, 0) is 12.1 Å². The summed E-state index contributed by atoms with van der Waals surface area (Å²) in [7, 11) is 0. The molecule has 0 spiro atoms. The molecule has 2 nitrogen and oxygen atoms in total. The van der Waals surface area contributed by atoms with Crippen molar-refractivity contribution in [3.63, 3.8) is 0 Å². The van der Waals surface area contributed by atoms with E-state index < -0.39 is 144 Å². The molecule has 4 aromatic carbocycles. The Labute approximate surface area is 279 Å². The molecule has 0 fully saturated rings. The third-order valence-corrected chi connectivity index (χ3v) is 7.54. The molecular formula is C30H5BF20N2. The molecule has 0 unspecified atom stereocenters. The normalized spacial score (nSPS) is 11.4. The molecule has 0 N–H and O–H groups in total. The predicted molar refractivity (Wildman–Crippen MR) is 137 cm³/mol. The number of hydrogen-bond donors (Lipinski definition) is 0. The molecule has 0 saturated carbocycles. The summed E-state index contributed by atoms with van der Waals surface area (Å²) in [6, 6.07) is 5.49. The van der Waals surface area contributed by atoms with Gasteiger partial charge in [-0.1, -0.05) is 6.07 Å². The van der Waals surface area contributed by atoms with Crippen molar-refractivity contribution in [2.45, 2.75) is 0 Å². The van der Waals surface area contributed by atoms with Crippen LogP contribution < -0.4 is 26.4 Å². The molecular weight excluding hydrogens is 779 g/mol. The first-order valence-corrected chi connectivity index (χ1v) is 13.2. The summed E-state index contributed by atoms with van der Waals surface area (Å²) in [5.41, 5.74) is -14.3. The van der Waals surface area contributed by atoms with Crippen LogP contribution in [0.2, 0.25) is 0 Å². The minimum Gasteiger partial charge on any atom is -0.207 e. The Morgan fingerprint density at radius 1 is 0.302 bits per heavy atom. The second kappa shape index (κ2) is 14.3. The second-order valence-corrected chi connectivity index (χ2v) is 10.2. The summed E-state index contributed by atoms with van der Waals surface area (Å²) < 4.78 is 295. The Kier molecular flexibility index (Phi) is 10.8. The summed E-state index contributed by atoms with van der Waals surface area (Å²) in [4.78, 5) is 0. The van der Waals surface area contributed by atoms with Gasteiger partial charge in [0.05, 0.1) is 0 Å². The maximum atomic E-state index is 15.4. The molecule has 23 heteroatoms. The van der Waals surface area contributed by atoms with Gasteiger partial charge in [-0.2, -0.15) is 0 Å². The van der Waals surface area contributed by atoms with Gasteiger partial charge in [-0.25, -0.2) is 87.8 Å². The van der Waals surface area contributed by atoms with Crippen LogP contribution in [0.3, 0.4) is 0 Å². The van der Waals surface area contributed by atoms with Gasteiger partial charge in [-0.3, -0.25) is 0 Å². The fourth-order valence-electron chi connectivity index (χ4n) is 5.34. The molecule has 0 saturated heterocycles. The van der Waals surface area contributed by atoms with Crippen molar-refractivity contribution in [3.05, 3.63) is 147 Å². The molecule has 5 aromatic rings. The van der Waals surface area contributed by atoms with E-state index in [2.05, 4.69) is 0 Å². The number of hydrogen-bond acceptors (Lipinski definition) is 1. The molecule has 0 radical (unpaired) electrons. The number of rotatable bonds is 4. The molecule has 1 heterocycles. The van der Waals surface area contributed by atoms with Crippen LogP contribution in [0.5, 0.6) is 0 Å². The number of benzene rings is 4. The quantitative estimate of drug-likeness (QED) is 0.0708. The van der Waals surface area contributed by atoms with E-state index in [1.54, 1.807) is 12.4 Å². The lowest BCUT2D eigenvalue weighted by Crippen LogP contribution is -2.81. The minimum atomic E-state index is -7.22. The summed E-state index contributed by atoms with van der Waals surface area (Å²) in [5, 5.41) is 8.25. The van der Waals surface area contributed by atoms with Crippen molar-refractivity contribution in [1.29, 1.82) is 5.26 Å². The van der Waals surface area contributed by atoms with Gasteiger partial charge in [0.2, 0.25) is 0 Å². The van der Waals surface area contributed by atoms with Crippen LogP contribution in [0.1, 0.15) is 0 Å². The molecule has 0 aliphatic carbocycles. The smallest absolute Gasteiger partial charge is 0.207 e. The lowest BCUT2D eigenvalue weighted by molar-refractivity contribution is -0.586. The highest BCUT2D eigenvalue weighted by atomic mass is 19.2. The lowest BCUT2D eigenvalue weighted by atomic mass is 9.12. The second-order valence-electron chi connectivity index (χ2n) is 10.2. The average Bonchev–Trinajstić information content (AvgIpc) is 3.15. The Hall–Kier alpha value is -5.82. The number of pyridine rings is 1. The largest absolute Gasteiger partial charge is 0.463 e. The molecule has 5 rings (SSSR count). The molecule has 0 atom stereocenters. The fourth-order valence-corrected chi connectivity index (χ4v) is 5.34. The lowest BCUT2D eigenvalue weighted by Gasteiger charge is -2.44. The zero-order chi connectivity index (χ0) is 40.2. The van der Waals surface area contributed by atoms with Gasteiger partial charge in [-0.15, -0.1) is 26.4 Å². The van der Waals surface area contributed by atoms with Crippen molar-refractivity contribution < 1.29 is 92.4 Å². The number of halogens is 20. The zero-order valence-electron chi connectivity index (χ0n) is 24.4. The van der Waals surface area contributed by atoms with Crippen LogP contribution in [-0.2, 0) is 0 Å². The van der Waals surface area contributed by atoms with Crippen LogP contribution >= 0.6 is 0 Å². The molecule has 278 valence electrons. The van der Waals surface area contributed by atoms with E-state index in [9.17, 15) is 52.7 Å². The van der Waals surface area contributed by atoms with Gasteiger partial charge in [0.1, 0.15) is 65.1 Å². The van der Waals surface area contributed by atoms with Gasteiger partial charge >= 0.3 is 6.19 Å². The van der Waals surface area contributed by atoms with E-state index in [-0.39, 0.29) is 0 Å². The van der Waals surface area contributed by atoms with Crippen LogP contribution in [0.25, 0.3) is 0 Å². The topological polar surface area (TPSA) is 27.7 Å². The molecule has 0 aliphatic heterocycles. The van der Waals surface area contributed by atoms with Crippen LogP contribution in [0, 0.1) is 128 Å². The van der Waals surface area contributed by atoms with Crippen molar-refractivity contribution in [1.82, 2.24) is 0 Å². The Morgan fingerprint density at radius 3 is 0.623 bits per heavy atom. The summed E-state index contributed by atoms with van der Waals surface area (Å²) in [5.74, 6) is -71.4. The van der Waals surface area contributed by atoms with E-state index in [0.29, 0.717) is 0 Å². The standard InChI is InChI=1S/C24BF20.C6H5N2/c26-5-1(6(27)14(35)21(42)13(5)34)25(2-7(28)15(36)22(43)16(37)8(2)29,3-9(30)17(38)23(44)18(39)10(3)31)4-11(32)19(40)24(45)20(41)12(4)33;7-6-8-4-2-1-3-5-8/h;1-5H/q-1;+1. The highest BCUT2D eigenvalue weighted by Crippen LogP contribution is 2.30. The third-order valence-electron chi connectivity index (χ3n) is 7.54. The van der Waals surface area contributed by atoms with E-state index in [0.717, 1.165) is 0 Å². The van der Waals surface area contributed by atoms with Crippen LogP contribution in [0.15, 0.2) is 30.6 Å². The van der Waals surface area contributed by atoms with E-state index >= 15 is 35.1 Å². The van der Waals surface area contributed by atoms with Gasteiger partial charge in [0.15, 0.2) is 75.1 Å². The molecule has 1 aromatic heterocycles. The zero-order valence-corrected chi connectivity index (χ0v) is 24.4. The maximum absolute atomic E-state index is 15.4. The van der Waals surface area contributed by atoms with Gasteiger partial charge in [0.25, 0.3) is 0 Å². The number of aromatic nitrogens is 1. The van der Waals surface area contributed by atoms with E-state index in [1.807, 2.05) is 24.4 Å². The Bertz CT molecular complexity index is 1980. The Balaban J connectivity index is 0.000000692. The maximum Gasteiger partial charge on any atom is 0.463 e. The molecule has 53 heavy (non-hydrogen) atoms. The Morgan fingerprint density at radius 2 is 0.472 bits per heavy atom. The number of nitrogens with zero attached hydrogens (tertiary/aromatic N) is 2. The van der Waals surface area contributed by atoms with Crippen LogP contribution in [-0.4, -0.2) is 6.15 Å². The predicted octanol–water partition coefficient (Wildman–Crippen LogP) is 6.15.